The van der Waals surface area contributed by atoms with Gasteiger partial charge in [-0.2, -0.15) is 0 Å². The van der Waals surface area contributed by atoms with E-state index in [4.69, 9.17) is 4.74 Å². The molecule has 160 valence electrons. The summed E-state index contributed by atoms with van der Waals surface area (Å²) in [5.41, 5.74) is 6.66. The Bertz CT molecular complexity index is 1210. The number of phenolic OH excluding ortho intramolecular Hbond substituents is 1. The zero-order valence-electron chi connectivity index (χ0n) is 18.3. The lowest BCUT2D eigenvalue weighted by atomic mass is 9.48. The molecule has 4 nitrogen and oxygen atoms in total. The average Bonchev–Trinajstić information content (AvgIpc) is 3.33. The van der Waals surface area contributed by atoms with E-state index < -0.39 is 0 Å². The van der Waals surface area contributed by atoms with E-state index in [1.54, 1.807) is 0 Å². The van der Waals surface area contributed by atoms with Gasteiger partial charge >= 0.3 is 0 Å². The molecule has 2 N–H and O–H groups in total. The molecule has 0 amide bonds. The lowest BCUT2D eigenvalue weighted by Gasteiger charge is -2.60. The van der Waals surface area contributed by atoms with Gasteiger partial charge in [-0.05, 0) is 68.0 Å². The van der Waals surface area contributed by atoms with Gasteiger partial charge < -0.3 is 19.7 Å². The van der Waals surface area contributed by atoms with Crippen LogP contribution in [0.15, 0.2) is 36.4 Å². The van der Waals surface area contributed by atoms with E-state index in [1.165, 1.54) is 52.5 Å². The number of likely N-dealkylation sites (tertiary alicyclic amines) is 1. The van der Waals surface area contributed by atoms with Crippen molar-refractivity contribution in [1.29, 1.82) is 0 Å². The predicted molar refractivity (Wildman–Crippen MR) is 122 cm³/mol. The molecule has 2 bridgehead atoms. The number of aromatic amines is 1. The van der Waals surface area contributed by atoms with Crippen molar-refractivity contribution in [1.82, 2.24) is 9.88 Å². The minimum atomic E-state index is -0.0366. The summed E-state index contributed by atoms with van der Waals surface area (Å²) in [6.45, 7) is 3.39. The number of para-hydroxylation sites is 1. The molecule has 5 atom stereocenters. The van der Waals surface area contributed by atoms with Crippen LogP contribution in [0.2, 0.25) is 0 Å². The quantitative estimate of drug-likeness (QED) is 0.603. The van der Waals surface area contributed by atoms with Crippen LogP contribution in [0.4, 0.5) is 0 Å². The second kappa shape index (κ2) is 6.07. The molecule has 0 radical (unpaired) electrons. The molecule has 4 aliphatic rings. The summed E-state index contributed by atoms with van der Waals surface area (Å²) in [5.74, 6) is 2.10. The third-order valence-electron chi connectivity index (χ3n) is 8.99. The van der Waals surface area contributed by atoms with Crippen LogP contribution < -0.4 is 4.74 Å². The molecule has 4 heteroatoms. The number of unbranched alkanes of at least 4 members (excludes halogenated alkanes) is 1. The third kappa shape index (κ3) is 2.05. The van der Waals surface area contributed by atoms with Crippen LogP contribution in [0.3, 0.4) is 0 Å². The molecule has 31 heavy (non-hydrogen) atoms. The van der Waals surface area contributed by atoms with Crippen molar-refractivity contribution in [2.24, 2.45) is 5.92 Å². The van der Waals surface area contributed by atoms with E-state index >= 15 is 0 Å². The van der Waals surface area contributed by atoms with Crippen molar-refractivity contribution in [2.75, 3.05) is 13.6 Å². The van der Waals surface area contributed by atoms with Crippen molar-refractivity contribution in [3.05, 3.63) is 58.8 Å². The summed E-state index contributed by atoms with van der Waals surface area (Å²) in [4.78, 5) is 6.41. The molecule has 1 saturated heterocycles. The van der Waals surface area contributed by atoms with Crippen LogP contribution in [0.25, 0.3) is 10.9 Å². The van der Waals surface area contributed by atoms with Gasteiger partial charge in [0, 0.05) is 27.9 Å². The maximum atomic E-state index is 10.8. The molecule has 0 saturated carbocycles. The van der Waals surface area contributed by atoms with Gasteiger partial charge in [-0.3, -0.25) is 0 Å². The number of rotatable bonds is 3. The fraction of sp³-hybridized carbons (Fsp3) is 0.481. The fourth-order valence-corrected chi connectivity index (χ4v) is 7.85. The van der Waals surface area contributed by atoms with Crippen molar-refractivity contribution < 1.29 is 9.84 Å². The highest BCUT2D eigenvalue weighted by Crippen LogP contribution is 2.70. The van der Waals surface area contributed by atoms with E-state index in [1.807, 2.05) is 6.07 Å². The SMILES string of the molecule is CCCC[C@H]1c2c([nH]c3ccccc23)[C@@H]2Oc3c(O)ccc4c3[C@@]23CCN(C)[C@H](C4)[C@H]13. The van der Waals surface area contributed by atoms with Crippen LogP contribution in [0.1, 0.15) is 67.0 Å². The van der Waals surface area contributed by atoms with Crippen LogP contribution >= 0.6 is 0 Å². The van der Waals surface area contributed by atoms with Crippen LogP contribution in [0.5, 0.6) is 11.5 Å². The zero-order valence-corrected chi connectivity index (χ0v) is 18.3. The first-order valence-electron chi connectivity index (χ1n) is 12.0. The molecular weight excluding hydrogens is 384 g/mol. The third-order valence-corrected chi connectivity index (χ3v) is 8.99. The lowest BCUT2D eigenvalue weighted by Crippen LogP contribution is -2.63. The van der Waals surface area contributed by atoms with E-state index in [0.717, 1.165) is 25.1 Å². The number of nitrogens with zero attached hydrogens (tertiary/aromatic N) is 1. The molecule has 2 aliphatic carbocycles. The highest BCUT2D eigenvalue weighted by molar-refractivity contribution is 5.86. The van der Waals surface area contributed by atoms with Crippen molar-refractivity contribution in [3.8, 4) is 11.5 Å². The molecule has 3 heterocycles. The van der Waals surface area contributed by atoms with E-state index in [2.05, 4.69) is 54.2 Å². The zero-order chi connectivity index (χ0) is 20.9. The number of nitrogens with one attached hydrogen (secondary N) is 1. The summed E-state index contributed by atoms with van der Waals surface area (Å²) in [7, 11) is 2.32. The van der Waals surface area contributed by atoms with Gasteiger partial charge in [-0.25, -0.2) is 0 Å². The average molecular weight is 415 g/mol. The van der Waals surface area contributed by atoms with Gasteiger partial charge in [0.2, 0.25) is 0 Å². The Morgan fingerprint density at radius 2 is 2.10 bits per heavy atom. The number of aromatic hydroxyl groups is 1. The first-order chi connectivity index (χ1) is 15.1. The number of H-pyrrole nitrogens is 1. The maximum absolute atomic E-state index is 10.8. The molecule has 2 aromatic carbocycles. The fourth-order valence-electron chi connectivity index (χ4n) is 7.85. The Morgan fingerprint density at radius 3 is 2.97 bits per heavy atom. The van der Waals surface area contributed by atoms with Crippen LogP contribution in [-0.2, 0) is 11.8 Å². The number of phenols is 1. The van der Waals surface area contributed by atoms with Gasteiger partial charge in [-0.1, -0.05) is 44.0 Å². The summed E-state index contributed by atoms with van der Waals surface area (Å²) in [6, 6.07) is 13.3. The van der Waals surface area contributed by atoms with Crippen molar-refractivity contribution in [3.63, 3.8) is 0 Å². The molecule has 1 aromatic heterocycles. The van der Waals surface area contributed by atoms with Gasteiger partial charge in [0.1, 0.15) is 6.10 Å². The van der Waals surface area contributed by atoms with Gasteiger partial charge in [-0.15, -0.1) is 0 Å². The molecule has 3 aromatic rings. The molecular formula is C27H30N2O2. The van der Waals surface area contributed by atoms with E-state index in [9.17, 15) is 5.11 Å². The summed E-state index contributed by atoms with van der Waals surface area (Å²) in [5, 5.41) is 12.2. The Morgan fingerprint density at radius 1 is 1.23 bits per heavy atom. The summed E-state index contributed by atoms with van der Waals surface area (Å²) in [6.07, 6.45) is 5.81. The van der Waals surface area contributed by atoms with Gasteiger partial charge in [0.05, 0.1) is 5.69 Å². The van der Waals surface area contributed by atoms with Gasteiger partial charge in [0.15, 0.2) is 11.5 Å². The first-order valence-corrected chi connectivity index (χ1v) is 12.0. The normalized spacial score (nSPS) is 32.6. The summed E-state index contributed by atoms with van der Waals surface area (Å²) >= 11 is 0. The molecule has 1 fully saturated rings. The van der Waals surface area contributed by atoms with E-state index in [-0.39, 0.29) is 11.5 Å². The number of aromatic nitrogens is 1. The lowest BCUT2D eigenvalue weighted by molar-refractivity contribution is -0.0413. The second-order valence-electron chi connectivity index (χ2n) is 10.3. The molecule has 0 unspecified atom stereocenters. The standard InChI is InChI=1S/C27H30N2O2/c1-3-4-7-17-21-16-8-5-6-9-18(16)28-24(21)26-27-12-13-29(2)19(23(17)27)14-15-10-11-20(30)25(31-26)22(15)27/h5-6,8-11,17,19,23,26,28,30H,3-4,7,12-14H2,1-2H3/t17-,19+,23-,26-,27+/m0/s1. The number of hydrogen-bond acceptors (Lipinski definition) is 3. The molecule has 1 spiro atoms. The topological polar surface area (TPSA) is 48.5 Å². The largest absolute Gasteiger partial charge is 0.504 e. The number of likely N-dealkylation sites (N-methyl/N-ethyl adjacent to an activating group) is 1. The summed E-state index contributed by atoms with van der Waals surface area (Å²) < 4.78 is 6.75. The number of benzene rings is 2. The van der Waals surface area contributed by atoms with Gasteiger partial charge in [0.25, 0.3) is 0 Å². The van der Waals surface area contributed by atoms with Crippen LogP contribution in [-0.4, -0.2) is 34.6 Å². The first kappa shape index (κ1) is 18.1. The minimum Gasteiger partial charge on any atom is -0.504 e. The molecule has 7 rings (SSSR count). The van der Waals surface area contributed by atoms with E-state index in [0.29, 0.717) is 23.6 Å². The van der Waals surface area contributed by atoms with Crippen molar-refractivity contribution >= 4 is 10.9 Å². The highest BCUT2D eigenvalue weighted by Gasteiger charge is 2.67. The highest BCUT2D eigenvalue weighted by atomic mass is 16.5. The Balaban J connectivity index is 1.57. The number of ether oxygens (including phenoxy) is 1. The number of hydrogen-bond donors (Lipinski definition) is 2. The Hall–Kier alpha value is -2.46. The smallest absolute Gasteiger partial charge is 0.166 e. The number of piperidine rings is 1. The minimum absolute atomic E-state index is 0.0312. The predicted octanol–water partition coefficient (Wildman–Crippen LogP) is 5.41. The monoisotopic (exact) mass is 414 g/mol. The Labute approximate surface area is 183 Å². The molecule has 2 aliphatic heterocycles. The maximum Gasteiger partial charge on any atom is 0.166 e. The van der Waals surface area contributed by atoms with Crippen molar-refractivity contribution in [2.45, 2.75) is 62.5 Å². The second-order valence-corrected chi connectivity index (χ2v) is 10.3. The van der Waals surface area contributed by atoms with Crippen LogP contribution in [0, 0.1) is 5.92 Å². The Kier molecular flexibility index (Phi) is 3.55. The number of fused-ring (bicyclic) bond motifs is 4.